The van der Waals surface area contributed by atoms with Gasteiger partial charge in [0.25, 0.3) is 5.91 Å². The first-order valence-electron chi connectivity index (χ1n) is 8.15. The molecule has 0 bridgehead atoms. The fourth-order valence-electron chi connectivity index (χ4n) is 2.93. The molecule has 1 amide bonds. The van der Waals surface area contributed by atoms with Gasteiger partial charge in [-0.1, -0.05) is 12.1 Å². The van der Waals surface area contributed by atoms with Crippen molar-refractivity contribution in [2.24, 2.45) is 0 Å². The third-order valence-corrected chi connectivity index (χ3v) is 4.25. The Bertz CT molecular complexity index is 798. The second-order valence-electron chi connectivity index (χ2n) is 6.14. The summed E-state index contributed by atoms with van der Waals surface area (Å²) in [5, 5.41) is 16.5. The van der Waals surface area contributed by atoms with Gasteiger partial charge < -0.3 is 15.2 Å². The number of benzene rings is 1. The van der Waals surface area contributed by atoms with Crippen molar-refractivity contribution in [2.45, 2.75) is 38.1 Å². The Kier molecular flexibility index (Phi) is 4.90. The number of alkyl halides is 3. The molecular weight excluding hydrogens is 351 g/mol. The molecule has 1 saturated heterocycles. The fourth-order valence-corrected chi connectivity index (χ4v) is 2.93. The predicted molar refractivity (Wildman–Crippen MR) is 86.1 cm³/mol. The monoisotopic (exact) mass is 369 g/mol. The number of ether oxygens (including phenoxy) is 1. The number of rotatable bonds is 4. The van der Waals surface area contributed by atoms with Gasteiger partial charge in [-0.15, -0.1) is 0 Å². The molecule has 2 aromatic rings. The van der Waals surface area contributed by atoms with Crippen LogP contribution in [0.25, 0.3) is 5.69 Å². The van der Waals surface area contributed by atoms with E-state index in [1.54, 1.807) is 6.92 Å². The zero-order valence-electron chi connectivity index (χ0n) is 14.0. The molecule has 1 aliphatic rings. The molecule has 1 aromatic heterocycles. The first-order valence-corrected chi connectivity index (χ1v) is 8.15. The van der Waals surface area contributed by atoms with E-state index < -0.39 is 23.4 Å². The van der Waals surface area contributed by atoms with Crippen molar-refractivity contribution in [1.29, 1.82) is 0 Å². The zero-order chi connectivity index (χ0) is 18.9. The van der Waals surface area contributed by atoms with Gasteiger partial charge in [0.05, 0.1) is 29.6 Å². The van der Waals surface area contributed by atoms with E-state index in [1.807, 2.05) is 0 Å². The number of aromatic nitrogens is 2. The number of nitrogens with one attached hydrogen (secondary N) is 1. The lowest BCUT2D eigenvalue weighted by Gasteiger charge is -2.19. The molecule has 0 aliphatic carbocycles. The highest BCUT2D eigenvalue weighted by Gasteiger charge is 2.34. The van der Waals surface area contributed by atoms with Crippen LogP contribution in [0.3, 0.4) is 0 Å². The average molecular weight is 369 g/mol. The van der Waals surface area contributed by atoms with Gasteiger partial charge >= 0.3 is 6.18 Å². The number of hydrogen-bond acceptors (Lipinski definition) is 4. The maximum atomic E-state index is 13.1. The van der Waals surface area contributed by atoms with E-state index in [-0.39, 0.29) is 23.5 Å². The molecule has 6 nitrogen and oxygen atoms in total. The van der Waals surface area contributed by atoms with Gasteiger partial charge in [0.15, 0.2) is 11.4 Å². The Hall–Kier alpha value is -2.55. The summed E-state index contributed by atoms with van der Waals surface area (Å²) in [6.45, 7) is 2.39. The van der Waals surface area contributed by atoms with E-state index in [4.69, 9.17) is 4.74 Å². The lowest BCUT2D eigenvalue weighted by molar-refractivity contribution is -0.137. The summed E-state index contributed by atoms with van der Waals surface area (Å²) in [7, 11) is 0. The molecule has 2 atom stereocenters. The van der Waals surface area contributed by atoms with E-state index >= 15 is 0 Å². The zero-order valence-corrected chi connectivity index (χ0v) is 14.0. The van der Waals surface area contributed by atoms with Crippen LogP contribution in [0.5, 0.6) is 5.75 Å². The molecule has 2 heterocycles. The third kappa shape index (κ3) is 3.67. The highest BCUT2D eigenvalue weighted by Crippen LogP contribution is 2.34. The van der Waals surface area contributed by atoms with Gasteiger partial charge in [0, 0.05) is 6.61 Å². The molecule has 3 rings (SSSR count). The van der Waals surface area contributed by atoms with Crippen LogP contribution in [0.4, 0.5) is 13.2 Å². The van der Waals surface area contributed by atoms with E-state index in [0.29, 0.717) is 6.61 Å². The van der Waals surface area contributed by atoms with Crippen molar-refractivity contribution in [1.82, 2.24) is 15.1 Å². The summed E-state index contributed by atoms with van der Waals surface area (Å²) in [5.74, 6) is -1.17. The Balaban J connectivity index is 1.85. The topological polar surface area (TPSA) is 76.4 Å². The van der Waals surface area contributed by atoms with Crippen LogP contribution >= 0.6 is 0 Å². The van der Waals surface area contributed by atoms with Crippen molar-refractivity contribution in [3.63, 3.8) is 0 Å². The Labute approximate surface area is 147 Å². The van der Waals surface area contributed by atoms with Crippen molar-refractivity contribution in [3.05, 3.63) is 41.7 Å². The quantitative estimate of drug-likeness (QED) is 0.869. The van der Waals surface area contributed by atoms with Gasteiger partial charge in [0.2, 0.25) is 0 Å². The summed E-state index contributed by atoms with van der Waals surface area (Å²) in [6.07, 6.45) is -2.03. The highest BCUT2D eigenvalue weighted by molar-refractivity contribution is 5.95. The minimum Gasteiger partial charge on any atom is -0.504 e. The highest BCUT2D eigenvalue weighted by atomic mass is 19.4. The molecule has 2 N–H and O–H groups in total. The van der Waals surface area contributed by atoms with Crippen molar-refractivity contribution in [2.75, 3.05) is 6.61 Å². The van der Waals surface area contributed by atoms with Crippen LogP contribution in [0.1, 0.15) is 35.8 Å². The molecule has 1 aliphatic heterocycles. The largest absolute Gasteiger partial charge is 0.504 e. The SMILES string of the molecule is C[C@@H](NC(=O)c1nn(-c2ccccc2C(F)(F)F)cc1O)[C@H]1CCCO1. The third-order valence-electron chi connectivity index (χ3n) is 4.25. The fraction of sp³-hybridized carbons (Fsp3) is 0.412. The number of amides is 1. The standard InChI is InChI=1S/C17H18F3N3O3/c1-10(14-7-4-8-26-14)21-16(25)15-13(24)9-23(22-15)12-6-3-2-5-11(12)17(18,19)20/h2-3,5-6,9-10,14,24H,4,7-8H2,1H3,(H,21,25)/t10-,14-/m1/s1. The number of carbonyl (C=O) groups is 1. The number of carbonyl (C=O) groups excluding carboxylic acids is 1. The lowest BCUT2D eigenvalue weighted by atomic mass is 10.1. The molecule has 140 valence electrons. The molecule has 0 unspecified atom stereocenters. The smallest absolute Gasteiger partial charge is 0.418 e. The summed E-state index contributed by atoms with van der Waals surface area (Å²) >= 11 is 0. The van der Waals surface area contributed by atoms with E-state index in [9.17, 15) is 23.1 Å². The van der Waals surface area contributed by atoms with Gasteiger partial charge in [-0.3, -0.25) is 4.79 Å². The van der Waals surface area contributed by atoms with Crippen LogP contribution in [-0.4, -0.2) is 39.5 Å². The van der Waals surface area contributed by atoms with E-state index in [0.717, 1.165) is 29.8 Å². The molecule has 0 spiro atoms. The van der Waals surface area contributed by atoms with Gasteiger partial charge in [-0.05, 0) is 31.9 Å². The Morgan fingerprint density at radius 1 is 1.42 bits per heavy atom. The summed E-state index contributed by atoms with van der Waals surface area (Å²) in [6, 6.07) is 4.49. The Morgan fingerprint density at radius 2 is 2.15 bits per heavy atom. The molecule has 26 heavy (non-hydrogen) atoms. The minimum absolute atomic E-state index is 0.130. The lowest BCUT2D eigenvalue weighted by Crippen LogP contribution is -2.41. The van der Waals surface area contributed by atoms with E-state index in [2.05, 4.69) is 10.4 Å². The van der Waals surface area contributed by atoms with Crippen LogP contribution in [0, 0.1) is 0 Å². The molecular formula is C17H18F3N3O3. The number of hydrogen-bond donors (Lipinski definition) is 2. The Morgan fingerprint density at radius 3 is 2.81 bits per heavy atom. The van der Waals surface area contributed by atoms with E-state index in [1.165, 1.54) is 18.2 Å². The average Bonchev–Trinajstić information content (AvgIpc) is 3.23. The molecule has 0 radical (unpaired) electrons. The van der Waals surface area contributed by atoms with Crippen LogP contribution in [0.15, 0.2) is 30.5 Å². The summed E-state index contributed by atoms with van der Waals surface area (Å²) in [4.78, 5) is 12.3. The second-order valence-corrected chi connectivity index (χ2v) is 6.14. The molecule has 1 aromatic carbocycles. The number of nitrogens with zero attached hydrogens (tertiary/aromatic N) is 2. The molecule has 0 saturated carbocycles. The van der Waals surface area contributed by atoms with Gasteiger partial charge in [-0.25, -0.2) is 4.68 Å². The van der Waals surface area contributed by atoms with Crippen molar-refractivity contribution >= 4 is 5.91 Å². The van der Waals surface area contributed by atoms with Crippen molar-refractivity contribution < 1.29 is 27.8 Å². The van der Waals surface area contributed by atoms with Crippen LogP contribution < -0.4 is 5.32 Å². The summed E-state index contributed by atoms with van der Waals surface area (Å²) in [5.41, 5.74) is -1.53. The maximum absolute atomic E-state index is 13.1. The molecule has 1 fully saturated rings. The second kappa shape index (κ2) is 6.99. The van der Waals surface area contributed by atoms with Crippen LogP contribution in [-0.2, 0) is 10.9 Å². The molecule has 9 heteroatoms. The summed E-state index contributed by atoms with van der Waals surface area (Å²) < 4.78 is 45.8. The number of para-hydroxylation sites is 1. The predicted octanol–water partition coefficient (Wildman–Crippen LogP) is 2.89. The minimum atomic E-state index is -4.59. The van der Waals surface area contributed by atoms with Crippen molar-refractivity contribution in [3.8, 4) is 11.4 Å². The first-order chi connectivity index (χ1) is 12.3. The first kappa shape index (κ1) is 18.2. The van der Waals surface area contributed by atoms with Gasteiger partial charge in [0.1, 0.15) is 0 Å². The number of aromatic hydroxyl groups is 1. The van der Waals surface area contributed by atoms with Gasteiger partial charge in [-0.2, -0.15) is 18.3 Å². The maximum Gasteiger partial charge on any atom is 0.418 e. The van der Waals surface area contributed by atoms with Crippen LogP contribution in [0.2, 0.25) is 0 Å². The normalized spacial score (nSPS) is 18.7. The number of halogens is 3.